The summed E-state index contributed by atoms with van der Waals surface area (Å²) in [6.45, 7) is 31.8. The van der Waals surface area contributed by atoms with Crippen LogP contribution in [0.4, 0.5) is 0 Å². The molecule has 0 aliphatic carbocycles. The van der Waals surface area contributed by atoms with Gasteiger partial charge < -0.3 is 66.5 Å². The molecule has 0 spiro atoms. The lowest BCUT2D eigenvalue weighted by Gasteiger charge is -2.28. The molecule has 0 aromatic rings. The van der Waals surface area contributed by atoms with Crippen molar-refractivity contribution in [3.63, 3.8) is 0 Å². The summed E-state index contributed by atoms with van der Waals surface area (Å²) in [5.74, 6) is 0. The summed E-state index contributed by atoms with van der Waals surface area (Å²) in [5, 5.41) is 0. The molecule has 0 heterocycles. The fraction of sp³-hybridized carbons (Fsp3) is 1.00. The molecule has 0 aromatic heterocycles. The van der Waals surface area contributed by atoms with Gasteiger partial charge >= 0.3 is 9.28 Å². The van der Waals surface area contributed by atoms with Crippen LogP contribution in [-0.4, -0.2) is 154 Å². The highest BCUT2D eigenvalue weighted by Gasteiger charge is 2.27. The van der Waals surface area contributed by atoms with Crippen LogP contribution in [0.15, 0.2) is 0 Å². The van der Waals surface area contributed by atoms with E-state index >= 15 is 0 Å². The molecule has 0 aliphatic rings. The van der Waals surface area contributed by atoms with Crippen LogP contribution in [0.25, 0.3) is 0 Å². The van der Waals surface area contributed by atoms with Crippen LogP contribution < -0.4 is 0 Å². The van der Waals surface area contributed by atoms with Gasteiger partial charge in [-0.1, -0.05) is 6.55 Å². The van der Waals surface area contributed by atoms with E-state index in [0.717, 1.165) is 0 Å². The van der Waals surface area contributed by atoms with Crippen LogP contribution in [0, 0.1) is 0 Å². The molecule has 0 fully saturated rings. The van der Waals surface area contributed by atoms with Crippen molar-refractivity contribution >= 4 is 149 Å². The maximum absolute atomic E-state index is 9.49. The van der Waals surface area contributed by atoms with E-state index in [0.29, 0.717) is 0 Å². The monoisotopic (exact) mass is 962 g/mol. The number of hydrogen-bond donors (Lipinski definition) is 1. The van der Waals surface area contributed by atoms with Gasteiger partial charge in [0.05, 0.1) is 0 Å². The van der Waals surface area contributed by atoms with Crippen molar-refractivity contribution in [3.8, 4) is 0 Å². The summed E-state index contributed by atoms with van der Waals surface area (Å²) in [6.07, 6.45) is 0. The minimum Gasteiger partial charge on any atom is -0.444 e. The number of hydrogen-bond acceptors (Lipinski definition) is 16. The third-order valence-electron chi connectivity index (χ3n) is 5.77. The van der Waals surface area contributed by atoms with E-state index in [9.17, 15) is 4.80 Å². The highest BCUT2D eigenvalue weighted by atomic mass is 28.5. The van der Waals surface area contributed by atoms with Crippen LogP contribution in [0.3, 0.4) is 0 Å². The van der Waals surface area contributed by atoms with E-state index in [-0.39, 0.29) is 0 Å². The highest BCUT2D eigenvalue weighted by Crippen LogP contribution is 2.08. The molecule has 16 nitrogen and oxygen atoms in total. The van der Waals surface area contributed by atoms with Crippen LogP contribution in [0.5, 0.6) is 0 Å². The van der Waals surface area contributed by atoms with Gasteiger partial charge in [0.1, 0.15) is 9.76 Å². The van der Waals surface area contributed by atoms with Crippen molar-refractivity contribution in [3.05, 3.63) is 0 Å². The van der Waals surface area contributed by atoms with Crippen LogP contribution in [0.2, 0.25) is 105 Å². The first-order valence-electron chi connectivity index (χ1n) is 16.7. The Kier molecular flexibility index (Phi) is 30.9. The lowest BCUT2D eigenvalue weighted by molar-refractivity contribution is 0.305. The second-order valence-electron chi connectivity index (χ2n) is 10.9. The predicted molar refractivity (Wildman–Crippen MR) is 228 cm³/mol. The van der Waals surface area contributed by atoms with E-state index in [1.165, 1.54) is 0 Å². The Bertz CT molecular complexity index is 798. The van der Waals surface area contributed by atoms with E-state index in [1.54, 1.807) is 6.55 Å². The molecule has 0 aromatic carbocycles. The summed E-state index contributed by atoms with van der Waals surface area (Å²) in [7, 11) is -28.7. The Labute approximate surface area is 318 Å². The van der Waals surface area contributed by atoms with E-state index in [2.05, 4.69) is 13.1 Å². The van der Waals surface area contributed by atoms with Crippen LogP contribution in [-0.2, 0) is 61.7 Å². The number of rotatable bonds is 30. The first-order chi connectivity index (χ1) is 22.3. The topological polar surface area (TPSA) is 159 Å². The predicted octanol–water partition coefficient (Wildman–Crippen LogP) is -2.89. The van der Waals surface area contributed by atoms with E-state index in [1.807, 2.05) is 85.1 Å². The van der Waals surface area contributed by atoms with Gasteiger partial charge in [0.2, 0.25) is 0 Å². The first kappa shape index (κ1) is 50.8. The normalized spacial score (nSPS) is 22.2. The maximum Gasteiger partial charge on any atom is 0.306 e. The third-order valence-corrected chi connectivity index (χ3v) is 52.0. The summed E-state index contributed by atoms with van der Waals surface area (Å²) < 4.78 is 90.5. The van der Waals surface area contributed by atoms with Gasteiger partial charge in [-0.25, -0.2) is 0 Å². The highest BCUT2D eigenvalue weighted by molar-refractivity contribution is 6.74. The van der Waals surface area contributed by atoms with Crippen LogP contribution in [0.1, 0.15) is 0 Å². The van der Waals surface area contributed by atoms with Crippen molar-refractivity contribution in [2.24, 2.45) is 0 Å². The summed E-state index contributed by atoms with van der Waals surface area (Å²) in [5.41, 5.74) is 0. The molecule has 290 valence electrons. The molecule has 0 radical (unpaired) electrons. The second-order valence-corrected chi connectivity index (χ2v) is 45.2. The molecule has 48 heavy (non-hydrogen) atoms. The molecular weight excluding hydrogens is 898 g/mol. The minimum atomic E-state index is -2.09. The minimum absolute atomic E-state index is 0.452. The zero-order chi connectivity index (χ0) is 37.0. The average molecular weight is 964 g/mol. The molecule has 0 rings (SSSR count). The molecule has 1 N–H and O–H groups in total. The Hall–Kier alpha value is 2.83. The van der Waals surface area contributed by atoms with Gasteiger partial charge in [0.25, 0.3) is 130 Å². The second kappa shape index (κ2) is 29.2. The molecule has 0 amide bonds. The van der Waals surface area contributed by atoms with Gasteiger partial charge in [-0.3, -0.25) is 0 Å². The average Bonchev–Trinajstić information content (AvgIpc) is 2.86. The van der Waals surface area contributed by atoms with Crippen molar-refractivity contribution in [2.75, 3.05) is 0 Å². The van der Waals surface area contributed by atoms with Gasteiger partial charge in [0.15, 0.2) is 0 Å². The fourth-order valence-corrected chi connectivity index (χ4v) is 48.5. The smallest absolute Gasteiger partial charge is 0.306 e. The Morgan fingerprint density at radius 3 is 0.562 bits per heavy atom. The molecule has 15 atom stereocenters. The lowest BCUT2D eigenvalue weighted by Crippen LogP contribution is -2.43. The van der Waals surface area contributed by atoms with Gasteiger partial charge in [0, 0.05) is 0 Å². The summed E-state index contributed by atoms with van der Waals surface area (Å²) >= 11 is 0. The maximum atomic E-state index is 9.49. The van der Waals surface area contributed by atoms with Crippen molar-refractivity contribution in [2.45, 2.75) is 105 Å². The molecule has 0 aliphatic heterocycles. The van der Waals surface area contributed by atoms with E-state index in [4.69, 9.17) is 61.7 Å². The van der Waals surface area contributed by atoms with Crippen molar-refractivity contribution < 1.29 is 66.5 Å². The molecule has 15 unspecified atom stereocenters. The molecule has 32 heteroatoms. The standard InChI is InChI=1S/C16H66O16Si16/c1-33-18-35(3)20-37(5)22-39(7)24-41(9)26-43(11)28-45(13)30-47(15)32-48(16)31-46(14)29-44(12)27-42(10)25-40(8)23-38(6)21-36(4)19-34(2)17/h17,34-48H,33H2,1-16H3. The Balaban J connectivity index is 4.34. The van der Waals surface area contributed by atoms with Crippen LogP contribution >= 0.6 is 0 Å². The molecule has 0 bridgehead atoms. The zero-order valence-electron chi connectivity index (χ0n) is 31.9. The van der Waals surface area contributed by atoms with Crippen molar-refractivity contribution in [1.82, 2.24) is 0 Å². The Morgan fingerprint density at radius 1 is 0.271 bits per heavy atom. The quantitative estimate of drug-likeness (QED) is 0.0732. The summed E-state index contributed by atoms with van der Waals surface area (Å²) in [6, 6.07) is 0. The van der Waals surface area contributed by atoms with Gasteiger partial charge in [-0.15, -0.1) is 0 Å². The largest absolute Gasteiger partial charge is 0.444 e. The van der Waals surface area contributed by atoms with E-state index < -0.39 is 149 Å². The van der Waals surface area contributed by atoms with Gasteiger partial charge in [-0.05, 0) is 98.2 Å². The molecular formula is C16H66O16Si16. The fourth-order valence-electron chi connectivity index (χ4n) is 4.48. The Morgan fingerprint density at radius 2 is 0.417 bits per heavy atom. The SMILES string of the molecule is C[SiH2]O[SiH](C)O[SiH](C)O[SiH](C)O[SiH](C)O[SiH](C)O[SiH](C)O[SiH](C)O[SiH](C)O[SiH](C)O[SiH](C)O[SiH](C)O[SiH](C)O[SiH](C)O[SiH](C)O[SiH](C)O. The van der Waals surface area contributed by atoms with Crippen molar-refractivity contribution in [1.29, 1.82) is 0 Å². The lowest BCUT2D eigenvalue weighted by atomic mass is 11.9. The third kappa shape index (κ3) is 29.2. The first-order valence-corrected chi connectivity index (χ1v) is 50.2. The summed E-state index contributed by atoms with van der Waals surface area (Å²) in [4.78, 5) is 9.49. The molecule has 0 saturated heterocycles. The zero-order valence-corrected chi connectivity index (χ0v) is 50.7. The molecule has 0 saturated carbocycles. The van der Waals surface area contributed by atoms with Gasteiger partial charge in [-0.2, -0.15) is 0 Å².